The minimum atomic E-state index is 0.152. The normalized spacial score (nSPS) is 17.5. The third-order valence-corrected chi connectivity index (χ3v) is 8.14. The van der Waals surface area contributed by atoms with Crippen LogP contribution in [-0.2, 0) is 19.4 Å². The van der Waals surface area contributed by atoms with Gasteiger partial charge in [0.1, 0.15) is 16.5 Å². The number of rotatable bonds is 4. The zero-order chi connectivity index (χ0) is 20.7. The minimum Gasteiger partial charge on any atom is -0.352 e. The second-order valence-corrected chi connectivity index (χ2v) is 9.91. The number of carbonyl (C=O) groups excluding carboxylic acids is 1. The van der Waals surface area contributed by atoms with Crippen LogP contribution in [0.25, 0.3) is 10.2 Å². The van der Waals surface area contributed by atoms with Gasteiger partial charge in [0.25, 0.3) is 5.91 Å². The van der Waals surface area contributed by atoms with Crippen LogP contribution in [0, 0.1) is 0 Å². The number of hydrogen-bond acceptors (Lipinski definition) is 7. The SMILES string of the molecule is CCc1nc(N2CCN(C(=O)c3cccs3)CC2)c2c3c(sc2n1)CN(CC)CC3. The number of likely N-dealkylation sites (N-methyl/N-ethyl adjacent to an activating group) is 1. The molecule has 0 aliphatic carbocycles. The van der Waals surface area contributed by atoms with Crippen LogP contribution in [0.1, 0.15) is 39.8 Å². The summed E-state index contributed by atoms with van der Waals surface area (Å²) in [4.78, 5) is 32.9. The number of thiophene rings is 2. The highest BCUT2D eigenvalue weighted by atomic mass is 32.1. The molecule has 5 heterocycles. The second-order valence-electron chi connectivity index (χ2n) is 7.88. The first-order chi connectivity index (χ1) is 14.7. The Morgan fingerprint density at radius 2 is 1.97 bits per heavy atom. The molecule has 3 aromatic heterocycles. The van der Waals surface area contributed by atoms with Gasteiger partial charge in [-0.1, -0.05) is 19.9 Å². The summed E-state index contributed by atoms with van der Waals surface area (Å²) < 4.78 is 0. The topological polar surface area (TPSA) is 52.6 Å². The van der Waals surface area contributed by atoms with Crippen LogP contribution >= 0.6 is 22.7 Å². The average molecular weight is 442 g/mol. The highest BCUT2D eigenvalue weighted by Gasteiger charge is 2.28. The molecule has 158 valence electrons. The molecule has 30 heavy (non-hydrogen) atoms. The second kappa shape index (κ2) is 8.24. The van der Waals surface area contributed by atoms with Gasteiger partial charge in [0, 0.05) is 50.6 Å². The molecule has 5 rings (SSSR count). The Morgan fingerprint density at radius 1 is 1.13 bits per heavy atom. The number of hydrogen-bond donors (Lipinski definition) is 0. The van der Waals surface area contributed by atoms with Gasteiger partial charge in [-0.3, -0.25) is 9.69 Å². The number of fused-ring (bicyclic) bond motifs is 3. The molecule has 1 amide bonds. The number of aromatic nitrogens is 2. The molecule has 1 saturated heterocycles. The van der Waals surface area contributed by atoms with Crippen molar-refractivity contribution >= 4 is 44.6 Å². The molecule has 0 unspecified atom stereocenters. The van der Waals surface area contributed by atoms with E-state index < -0.39 is 0 Å². The van der Waals surface area contributed by atoms with E-state index in [2.05, 4.69) is 23.6 Å². The van der Waals surface area contributed by atoms with Gasteiger partial charge in [0.2, 0.25) is 0 Å². The summed E-state index contributed by atoms with van der Waals surface area (Å²) in [6, 6.07) is 3.86. The van der Waals surface area contributed by atoms with Crippen LogP contribution in [0.4, 0.5) is 5.82 Å². The van der Waals surface area contributed by atoms with Crippen molar-refractivity contribution in [1.82, 2.24) is 19.8 Å². The maximum atomic E-state index is 12.7. The first-order valence-corrected chi connectivity index (χ1v) is 12.5. The molecular weight excluding hydrogens is 414 g/mol. The number of carbonyl (C=O) groups is 1. The molecule has 0 aromatic carbocycles. The molecule has 0 atom stereocenters. The lowest BCUT2D eigenvalue weighted by Crippen LogP contribution is -2.49. The zero-order valence-electron chi connectivity index (χ0n) is 17.6. The number of nitrogens with zero attached hydrogens (tertiary/aromatic N) is 5. The van der Waals surface area contributed by atoms with Crippen LogP contribution < -0.4 is 4.90 Å². The van der Waals surface area contributed by atoms with E-state index in [1.807, 2.05) is 33.7 Å². The Balaban J connectivity index is 1.44. The van der Waals surface area contributed by atoms with Gasteiger partial charge in [0.05, 0.1) is 10.3 Å². The number of amides is 1. The van der Waals surface area contributed by atoms with Crippen molar-refractivity contribution in [3.05, 3.63) is 38.7 Å². The summed E-state index contributed by atoms with van der Waals surface area (Å²) in [6.45, 7) is 10.7. The Morgan fingerprint density at radius 3 is 2.67 bits per heavy atom. The van der Waals surface area contributed by atoms with Crippen LogP contribution in [0.3, 0.4) is 0 Å². The van der Waals surface area contributed by atoms with Gasteiger partial charge < -0.3 is 9.80 Å². The van der Waals surface area contributed by atoms with Gasteiger partial charge in [-0.15, -0.1) is 22.7 Å². The van der Waals surface area contributed by atoms with E-state index in [1.165, 1.54) is 27.2 Å². The Hall–Kier alpha value is -2.03. The molecule has 0 bridgehead atoms. The summed E-state index contributed by atoms with van der Waals surface area (Å²) in [5.74, 6) is 2.15. The largest absolute Gasteiger partial charge is 0.352 e. The number of piperazine rings is 1. The van der Waals surface area contributed by atoms with E-state index in [-0.39, 0.29) is 5.91 Å². The quantitative estimate of drug-likeness (QED) is 0.619. The van der Waals surface area contributed by atoms with E-state index >= 15 is 0 Å². The fourth-order valence-corrected chi connectivity index (χ4v) is 6.37. The maximum absolute atomic E-state index is 12.7. The molecule has 8 heteroatoms. The summed E-state index contributed by atoms with van der Waals surface area (Å²) in [5, 5.41) is 3.23. The smallest absolute Gasteiger partial charge is 0.264 e. The summed E-state index contributed by atoms with van der Waals surface area (Å²) in [6.07, 6.45) is 1.91. The van der Waals surface area contributed by atoms with Crippen molar-refractivity contribution in [3.8, 4) is 0 Å². The molecule has 2 aliphatic heterocycles. The van der Waals surface area contributed by atoms with Crippen molar-refractivity contribution in [1.29, 1.82) is 0 Å². The number of anilines is 1. The lowest BCUT2D eigenvalue weighted by atomic mass is 10.0. The minimum absolute atomic E-state index is 0.152. The predicted molar refractivity (Wildman–Crippen MR) is 124 cm³/mol. The molecule has 3 aromatic rings. The highest BCUT2D eigenvalue weighted by molar-refractivity contribution is 7.19. The lowest BCUT2D eigenvalue weighted by molar-refractivity contribution is 0.0751. The van der Waals surface area contributed by atoms with Crippen LogP contribution in [0.15, 0.2) is 17.5 Å². The molecule has 1 fully saturated rings. The van der Waals surface area contributed by atoms with E-state index in [9.17, 15) is 4.79 Å². The first-order valence-electron chi connectivity index (χ1n) is 10.8. The van der Waals surface area contributed by atoms with Crippen LogP contribution in [-0.4, -0.2) is 64.9 Å². The fraction of sp³-hybridized carbons (Fsp3) is 0.500. The van der Waals surface area contributed by atoms with Crippen molar-refractivity contribution in [3.63, 3.8) is 0 Å². The third-order valence-electron chi connectivity index (χ3n) is 6.17. The predicted octanol–water partition coefficient (Wildman–Crippen LogP) is 3.66. The standard InChI is InChI=1S/C22H27N5OS2/c1-3-18-23-20(19-15-7-8-25(4-2)14-17(15)30-21(19)24-18)26-9-11-27(12-10-26)22(28)16-6-5-13-29-16/h5-6,13H,3-4,7-12,14H2,1-2H3. The maximum Gasteiger partial charge on any atom is 0.264 e. The van der Waals surface area contributed by atoms with Crippen molar-refractivity contribution in [2.75, 3.05) is 44.2 Å². The van der Waals surface area contributed by atoms with Gasteiger partial charge >= 0.3 is 0 Å². The lowest BCUT2D eigenvalue weighted by Gasteiger charge is -2.36. The van der Waals surface area contributed by atoms with E-state index in [1.54, 1.807) is 0 Å². The number of aryl methyl sites for hydroxylation is 1. The Bertz CT molecular complexity index is 1050. The summed E-state index contributed by atoms with van der Waals surface area (Å²) >= 11 is 3.37. The third kappa shape index (κ3) is 3.50. The Labute approximate surface area is 185 Å². The van der Waals surface area contributed by atoms with Crippen molar-refractivity contribution < 1.29 is 4.79 Å². The van der Waals surface area contributed by atoms with Gasteiger partial charge in [0.15, 0.2) is 0 Å². The molecule has 0 radical (unpaired) electrons. The van der Waals surface area contributed by atoms with Crippen LogP contribution in [0.5, 0.6) is 0 Å². The van der Waals surface area contributed by atoms with Crippen LogP contribution in [0.2, 0.25) is 0 Å². The monoisotopic (exact) mass is 441 g/mol. The molecule has 6 nitrogen and oxygen atoms in total. The van der Waals surface area contributed by atoms with Gasteiger partial charge in [-0.25, -0.2) is 9.97 Å². The Kier molecular flexibility index (Phi) is 5.47. The average Bonchev–Trinajstić information content (AvgIpc) is 3.45. The zero-order valence-corrected chi connectivity index (χ0v) is 19.2. The van der Waals surface area contributed by atoms with E-state index in [0.29, 0.717) is 0 Å². The molecule has 0 N–H and O–H groups in total. The molecule has 0 spiro atoms. The van der Waals surface area contributed by atoms with E-state index in [4.69, 9.17) is 9.97 Å². The molecule has 2 aliphatic rings. The fourth-order valence-electron chi connectivity index (χ4n) is 4.41. The highest BCUT2D eigenvalue weighted by Crippen LogP contribution is 2.39. The van der Waals surface area contributed by atoms with Crippen molar-refractivity contribution in [2.24, 2.45) is 0 Å². The van der Waals surface area contributed by atoms with Crippen molar-refractivity contribution in [2.45, 2.75) is 33.2 Å². The molecule has 0 saturated carbocycles. The summed E-state index contributed by atoms with van der Waals surface area (Å²) in [5.41, 5.74) is 1.45. The first kappa shape index (κ1) is 19.9. The van der Waals surface area contributed by atoms with Gasteiger partial charge in [-0.05, 0) is 30.0 Å². The van der Waals surface area contributed by atoms with Gasteiger partial charge in [-0.2, -0.15) is 0 Å². The summed E-state index contributed by atoms with van der Waals surface area (Å²) in [7, 11) is 0. The molecular formula is C22H27N5OS2. The van der Waals surface area contributed by atoms with E-state index in [0.717, 1.165) is 80.0 Å².